The second kappa shape index (κ2) is 7.65. The van der Waals surface area contributed by atoms with Gasteiger partial charge in [0.2, 0.25) is 0 Å². The Morgan fingerprint density at radius 2 is 1.39 bits per heavy atom. The van der Waals surface area contributed by atoms with Gasteiger partial charge >= 0.3 is 0 Å². The lowest BCUT2D eigenvalue weighted by Crippen LogP contribution is -2.29. The summed E-state index contributed by atoms with van der Waals surface area (Å²) in [6, 6.07) is 20.6. The number of aromatic nitrogens is 2. The zero-order valence-corrected chi connectivity index (χ0v) is 16.5. The summed E-state index contributed by atoms with van der Waals surface area (Å²) >= 11 is 0. The van der Waals surface area contributed by atoms with Crippen LogP contribution in [0.5, 0.6) is 0 Å². The summed E-state index contributed by atoms with van der Waals surface area (Å²) in [6.07, 6.45) is 3.34. The molecule has 140 valence electrons. The van der Waals surface area contributed by atoms with Crippen molar-refractivity contribution in [2.24, 2.45) is 0 Å². The fraction of sp³-hybridized carbons (Fsp3) is 0.0870. The summed E-state index contributed by atoms with van der Waals surface area (Å²) < 4.78 is 30.1. The first-order valence-electron chi connectivity index (χ1n) is 8.97. The Kier molecular flexibility index (Phi) is 5.06. The number of benzene rings is 3. The molecule has 0 radical (unpaired) electrons. The van der Waals surface area contributed by atoms with E-state index in [0.717, 1.165) is 27.8 Å². The van der Waals surface area contributed by atoms with Crippen molar-refractivity contribution in [2.45, 2.75) is 13.8 Å². The van der Waals surface area contributed by atoms with E-state index >= 15 is 0 Å². The minimum absolute atomic E-state index is 0.169. The van der Waals surface area contributed by atoms with E-state index in [1.165, 1.54) is 6.07 Å². The molecule has 0 N–H and O–H groups in total. The van der Waals surface area contributed by atoms with Crippen LogP contribution in [-0.2, 0) is 0 Å². The van der Waals surface area contributed by atoms with Crippen molar-refractivity contribution < 1.29 is 8.78 Å². The van der Waals surface area contributed by atoms with E-state index < -0.39 is 19.6 Å². The van der Waals surface area contributed by atoms with Crippen molar-refractivity contribution in [3.8, 4) is 5.69 Å². The molecule has 0 saturated carbocycles. The van der Waals surface area contributed by atoms with Gasteiger partial charge in [0, 0.05) is 20.3 Å². The largest absolute Gasteiger partial charge is 0.297 e. The van der Waals surface area contributed by atoms with Crippen LogP contribution in [0.1, 0.15) is 11.1 Å². The fourth-order valence-electron chi connectivity index (χ4n) is 3.30. The van der Waals surface area contributed by atoms with Crippen LogP contribution in [0, 0.1) is 25.5 Å². The topological polar surface area (TPSA) is 17.8 Å². The highest BCUT2D eigenvalue weighted by Gasteiger charge is 2.25. The molecule has 1 heterocycles. The van der Waals surface area contributed by atoms with Gasteiger partial charge in [-0.2, -0.15) is 0 Å². The Morgan fingerprint density at radius 3 is 2.00 bits per heavy atom. The summed E-state index contributed by atoms with van der Waals surface area (Å²) in [5, 5.41) is 2.30. The number of nitrogens with zero attached hydrogens (tertiary/aromatic N) is 2. The van der Waals surface area contributed by atoms with Gasteiger partial charge in [0.15, 0.2) is 11.6 Å². The molecular weight excluding hydrogens is 373 g/mol. The molecule has 0 aliphatic carbocycles. The van der Waals surface area contributed by atoms with Gasteiger partial charge in [0.25, 0.3) is 0 Å². The van der Waals surface area contributed by atoms with Gasteiger partial charge in [-0.1, -0.05) is 54.6 Å². The van der Waals surface area contributed by atoms with Gasteiger partial charge in [0.1, 0.15) is 5.57 Å². The molecule has 0 unspecified atom stereocenters. The van der Waals surface area contributed by atoms with E-state index in [1.807, 2.05) is 24.3 Å². The van der Waals surface area contributed by atoms with Crippen molar-refractivity contribution in [1.29, 1.82) is 0 Å². The monoisotopic (exact) mass is 392 g/mol. The van der Waals surface area contributed by atoms with Crippen LogP contribution in [0.4, 0.5) is 8.78 Å². The first kappa shape index (κ1) is 18.5. The third kappa shape index (κ3) is 3.25. The highest BCUT2D eigenvalue weighted by Crippen LogP contribution is 2.35. The molecule has 4 aromatic rings. The smallest absolute Gasteiger partial charge is 0.182 e. The summed E-state index contributed by atoms with van der Waals surface area (Å²) in [5.74, 6) is -1.74. The lowest BCUT2D eigenvalue weighted by molar-refractivity contribution is 0.505. The molecule has 2 nitrogen and oxygen atoms in total. The third-order valence-corrected chi connectivity index (χ3v) is 7.42. The second-order valence-electron chi connectivity index (χ2n) is 6.58. The van der Waals surface area contributed by atoms with Gasteiger partial charge in [-0.25, -0.2) is 13.8 Å². The molecule has 0 aliphatic rings. The summed E-state index contributed by atoms with van der Waals surface area (Å²) in [4.78, 5) is 4.60. The molecule has 0 fully saturated rings. The van der Waals surface area contributed by atoms with Crippen molar-refractivity contribution in [3.63, 3.8) is 0 Å². The summed E-state index contributed by atoms with van der Waals surface area (Å²) in [5.41, 5.74) is 3.17. The van der Waals surface area contributed by atoms with Crippen molar-refractivity contribution in [2.75, 3.05) is 0 Å². The minimum Gasteiger partial charge on any atom is -0.297 e. The van der Waals surface area contributed by atoms with E-state index in [-0.39, 0.29) is 5.69 Å². The van der Waals surface area contributed by atoms with E-state index in [0.29, 0.717) is 5.57 Å². The van der Waals surface area contributed by atoms with Gasteiger partial charge in [-0.15, -0.1) is 0 Å². The average molecular weight is 392 g/mol. The molecule has 0 atom stereocenters. The van der Waals surface area contributed by atoms with Crippen molar-refractivity contribution in [3.05, 3.63) is 102 Å². The normalized spacial score (nSPS) is 11.2. The standard InChI is InChI=1S/C23H19F2N2P/c1-16-8-3-5-12-20(16)28(21-13-6-4-9-17(21)2)23-26-14-15-27(23)19-11-7-10-18(24)22(19)25/h3-15H,1-2H3. The lowest BCUT2D eigenvalue weighted by atomic mass is 10.2. The predicted octanol–water partition coefficient (Wildman–Crippen LogP) is 4.53. The Hall–Kier alpha value is -2.84. The molecule has 28 heavy (non-hydrogen) atoms. The van der Waals surface area contributed by atoms with E-state index in [4.69, 9.17) is 0 Å². The Bertz CT molecular complexity index is 1090. The van der Waals surface area contributed by atoms with Gasteiger partial charge in [-0.05, 0) is 47.7 Å². The quantitative estimate of drug-likeness (QED) is 0.467. The van der Waals surface area contributed by atoms with Crippen LogP contribution in [0.15, 0.2) is 79.1 Å². The van der Waals surface area contributed by atoms with E-state index in [1.54, 1.807) is 23.0 Å². The van der Waals surface area contributed by atoms with Crippen molar-refractivity contribution >= 4 is 24.1 Å². The molecule has 0 bridgehead atoms. The van der Waals surface area contributed by atoms with Gasteiger partial charge < -0.3 is 0 Å². The van der Waals surface area contributed by atoms with Crippen LogP contribution < -0.4 is 16.2 Å². The van der Waals surface area contributed by atoms with Crippen LogP contribution in [0.25, 0.3) is 5.69 Å². The maximum Gasteiger partial charge on any atom is 0.182 e. The first-order valence-corrected chi connectivity index (χ1v) is 10.3. The number of rotatable bonds is 4. The Balaban J connectivity index is 1.98. The Morgan fingerprint density at radius 1 is 0.786 bits per heavy atom. The molecular formula is C23H19F2N2P. The van der Waals surface area contributed by atoms with E-state index in [2.05, 4.69) is 43.1 Å². The number of aryl methyl sites for hydroxylation is 2. The SMILES string of the molecule is Cc1ccccc1P(c1ccccc1C)c1nccn1-c1cccc(F)c1F. The first-order chi connectivity index (χ1) is 13.6. The second-order valence-corrected chi connectivity index (χ2v) is 8.61. The van der Waals surface area contributed by atoms with Crippen molar-refractivity contribution in [1.82, 2.24) is 9.55 Å². The molecule has 0 amide bonds. The fourth-order valence-corrected chi connectivity index (χ4v) is 5.89. The molecule has 5 heteroatoms. The van der Waals surface area contributed by atoms with E-state index in [9.17, 15) is 8.78 Å². The van der Waals surface area contributed by atoms with Gasteiger partial charge in [0.05, 0.1) is 5.69 Å². The number of halogens is 2. The van der Waals surface area contributed by atoms with Crippen LogP contribution in [0.3, 0.4) is 0 Å². The molecule has 4 rings (SSSR count). The van der Waals surface area contributed by atoms with Crippen LogP contribution in [0.2, 0.25) is 0 Å². The summed E-state index contributed by atoms with van der Waals surface area (Å²) in [6.45, 7) is 4.14. The number of imidazole rings is 1. The average Bonchev–Trinajstić information content (AvgIpc) is 3.16. The van der Waals surface area contributed by atoms with Crippen LogP contribution >= 0.6 is 7.92 Å². The zero-order valence-electron chi connectivity index (χ0n) is 15.6. The lowest BCUT2D eigenvalue weighted by Gasteiger charge is -2.23. The van der Waals surface area contributed by atoms with Gasteiger partial charge in [-0.3, -0.25) is 4.57 Å². The molecule has 0 saturated heterocycles. The minimum atomic E-state index is -1.05. The molecule has 0 spiro atoms. The highest BCUT2D eigenvalue weighted by molar-refractivity contribution is 7.79. The molecule has 3 aromatic carbocycles. The number of hydrogen-bond donors (Lipinski definition) is 0. The van der Waals surface area contributed by atoms with Crippen LogP contribution in [-0.4, -0.2) is 9.55 Å². The molecule has 1 aromatic heterocycles. The maximum atomic E-state index is 14.6. The highest BCUT2D eigenvalue weighted by atomic mass is 31.1. The summed E-state index contributed by atoms with van der Waals surface area (Å²) in [7, 11) is -1.05. The molecule has 0 aliphatic heterocycles. The number of hydrogen-bond acceptors (Lipinski definition) is 1. The Labute approximate surface area is 164 Å². The maximum absolute atomic E-state index is 14.6. The zero-order chi connectivity index (χ0) is 19.7. The third-order valence-electron chi connectivity index (χ3n) is 4.72. The predicted molar refractivity (Wildman–Crippen MR) is 112 cm³/mol.